The number of ether oxygens (including phenoxy) is 1. The van der Waals surface area contributed by atoms with Crippen molar-refractivity contribution in [1.82, 2.24) is 0 Å². The highest BCUT2D eigenvalue weighted by atomic mass is 16.5. The molecule has 0 amide bonds. The van der Waals surface area contributed by atoms with E-state index < -0.39 is 0 Å². The van der Waals surface area contributed by atoms with E-state index in [1.165, 1.54) is 70.6 Å². The SMILES string of the molecule is CCCCCCCCOC1(CN)CCC(CC)CC1. The van der Waals surface area contributed by atoms with Gasteiger partial charge in [-0.2, -0.15) is 0 Å². The van der Waals surface area contributed by atoms with E-state index in [1.807, 2.05) is 0 Å². The molecule has 0 atom stereocenters. The smallest absolute Gasteiger partial charge is 0.0804 e. The van der Waals surface area contributed by atoms with Crippen molar-refractivity contribution in [1.29, 1.82) is 0 Å². The highest BCUT2D eigenvalue weighted by molar-refractivity contribution is 4.88. The Kier molecular flexibility index (Phi) is 8.72. The Labute approximate surface area is 120 Å². The number of hydrogen-bond donors (Lipinski definition) is 1. The van der Waals surface area contributed by atoms with Crippen LogP contribution in [0.1, 0.15) is 84.5 Å². The molecule has 0 saturated heterocycles. The molecule has 0 aromatic carbocycles. The minimum Gasteiger partial charge on any atom is -0.374 e. The standard InChI is InChI=1S/C17H35NO/c1-3-5-6-7-8-9-14-19-17(15-18)12-10-16(4-2)11-13-17/h16H,3-15,18H2,1-2H3. The molecule has 2 N–H and O–H groups in total. The molecule has 0 aromatic rings. The quantitative estimate of drug-likeness (QED) is 0.585. The van der Waals surface area contributed by atoms with Crippen molar-refractivity contribution >= 4 is 0 Å². The second-order valence-electron chi connectivity index (χ2n) is 6.35. The molecular weight excluding hydrogens is 234 g/mol. The summed E-state index contributed by atoms with van der Waals surface area (Å²) >= 11 is 0. The van der Waals surface area contributed by atoms with Crippen LogP contribution in [0.2, 0.25) is 0 Å². The Morgan fingerprint density at radius 1 is 1.00 bits per heavy atom. The highest BCUT2D eigenvalue weighted by Crippen LogP contribution is 2.35. The predicted octanol–water partition coefficient (Wildman–Crippen LogP) is 4.66. The summed E-state index contributed by atoms with van der Waals surface area (Å²) in [5.41, 5.74) is 6.00. The minimum atomic E-state index is 0.0229. The van der Waals surface area contributed by atoms with Crippen LogP contribution in [0.25, 0.3) is 0 Å². The van der Waals surface area contributed by atoms with Crippen LogP contribution >= 0.6 is 0 Å². The Morgan fingerprint density at radius 3 is 2.21 bits per heavy atom. The van der Waals surface area contributed by atoms with Gasteiger partial charge in [0.25, 0.3) is 0 Å². The normalized spacial score (nSPS) is 27.6. The minimum absolute atomic E-state index is 0.0229. The van der Waals surface area contributed by atoms with Gasteiger partial charge < -0.3 is 10.5 Å². The van der Waals surface area contributed by atoms with E-state index >= 15 is 0 Å². The zero-order valence-corrected chi connectivity index (χ0v) is 13.3. The van der Waals surface area contributed by atoms with Gasteiger partial charge >= 0.3 is 0 Å². The lowest BCUT2D eigenvalue weighted by Crippen LogP contribution is -2.44. The molecule has 0 unspecified atom stereocenters. The van der Waals surface area contributed by atoms with Gasteiger partial charge in [-0.25, -0.2) is 0 Å². The molecule has 1 aliphatic carbocycles. The van der Waals surface area contributed by atoms with Crippen LogP contribution in [0.5, 0.6) is 0 Å². The Bertz CT molecular complexity index is 209. The predicted molar refractivity (Wildman–Crippen MR) is 83.4 cm³/mol. The maximum atomic E-state index is 6.19. The first-order chi connectivity index (χ1) is 9.26. The Balaban J connectivity index is 2.11. The van der Waals surface area contributed by atoms with Crippen molar-refractivity contribution in [2.45, 2.75) is 90.1 Å². The van der Waals surface area contributed by atoms with E-state index in [2.05, 4.69) is 13.8 Å². The fourth-order valence-electron chi connectivity index (χ4n) is 3.19. The van der Waals surface area contributed by atoms with Gasteiger partial charge in [0.2, 0.25) is 0 Å². The lowest BCUT2D eigenvalue weighted by Gasteiger charge is -2.39. The molecule has 2 nitrogen and oxygen atoms in total. The summed E-state index contributed by atoms with van der Waals surface area (Å²) in [6.45, 7) is 6.19. The van der Waals surface area contributed by atoms with E-state index in [9.17, 15) is 0 Å². The lowest BCUT2D eigenvalue weighted by atomic mass is 9.77. The summed E-state index contributed by atoms with van der Waals surface area (Å²) in [6, 6.07) is 0. The zero-order chi connectivity index (χ0) is 14.0. The van der Waals surface area contributed by atoms with Crippen molar-refractivity contribution in [3.05, 3.63) is 0 Å². The third-order valence-electron chi connectivity index (χ3n) is 4.87. The van der Waals surface area contributed by atoms with Crippen molar-refractivity contribution in [2.75, 3.05) is 13.2 Å². The van der Waals surface area contributed by atoms with Crippen LogP contribution in [0.4, 0.5) is 0 Å². The average molecular weight is 269 g/mol. The Hall–Kier alpha value is -0.0800. The summed E-state index contributed by atoms with van der Waals surface area (Å²) < 4.78 is 6.19. The van der Waals surface area contributed by atoms with Crippen molar-refractivity contribution in [3.8, 4) is 0 Å². The van der Waals surface area contributed by atoms with Gasteiger partial charge in [0, 0.05) is 13.2 Å². The average Bonchev–Trinajstić information content (AvgIpc) is 2.47. The largest absolute Gasteiger partial charge is 0.374 e. The van der Waals surface area contributed by atoms with E-state index in [1.54, 1.807) is 0 Å². The molecule has 1 rings (SSSR count). The maximum absolute atomic E-state index is 6.19. The van der Waals surface area contributed by atoms with E-state index in [0.717, 1.165) is 12.5 Å². The van der Waals surface area contributed by atoms with Crippen molar-refractivity contribution in [3.63, 3.8) is 0 Å². The molecule has 2 heteroatoms. The van der Waals surface area contributed by atoms with Gasteiger partial charge in [-0.05, 0) is 38.0 Å². The maximum Gasteiger partial charge on any atom is 0.0804 e. The van der Waals surface area contributed by atoms with Gasteiger partial charge in [0.15, 0.2) is 0 Å². The van der Waals surface area contributed by atoms with Crippen molar-refractivity contribution < 1.29 is 4.74 Å². The lowest BCUT2D eigenvalue weighted by molar-refractivity contribution is -0.0726. The van der Waals surface area contributed by atoms with Gasteiger partial charge in [-0.15, -0.1) is 0 Å². The van der Waals surface area contributed by atoms with Crippen LogP contribution < -0.4 is 5.73 Å². The van der Waals surface area contributed by atoms with Crippen molar-refractivity contribution in [2.24, 2.45) is 11.7 Å². The van der Waals surface area contributed by atoms with Crippen LogP contribution in [0.3, 0.4) is 0 Å². The van der Waals surface area contributed by atoms with Crippen LogP contribution in [-0.2, 0) is 4.74 Å². The van der Waals surface area contributed by atoms with Gasteiger partial charge in [-0.1, -0.05) is 52.4 Å². The number of unbranched alkanes of at least 4 members (excludes halogenated alkanes) is 5. The fraction of sp³-hybridized carbons (Fsp3) is 1.00. The monoisotopic (exact) mass is 269 g/mol. The van der Waals surface area contributed by atoms with Crippen LogP contribution in [0, 0.1) is 5.92 Å². The molecule has 0 bridgehead atoms. The van der Waals surface area contributed by atoms with E-state index in [4.69, 9.17) is 10.5 Å². The summed E-state index contributed by atoms with van der Waals surface area (Å²) in [5.74, 6) is 0.914. The zero-order valence-electron chi connectivity index (χ0n) is 13.3. The summed E-state index contributed by atoms with van der Waals surface area (Å²) in [7, 11) is 0. The third-order valence-corrected chi connectivity index (χ3v) is 4.87. The first kappa shape index (κ1) is 17.0. The van der Waals surface area contributed by atoms with E-state index in [0.29, 0.717) is 6.54 Å². The number of nitrogens with two attached hydrogens (primary N) is 1. The molecule has 0 radical (unpaired) electrons. The molecule has 19 heavy (non-hydrogen) atoms. The second kappa shape index (κ2) is 9.77. The molecule has 1 aliphatic rings. The summed E-state index contributed by atoms with van der Waals surface area (Å²) in [4.78, 5) is 0. The molecule has 0 heterocycles. The topological polar surface area (TPSA) is 35.2 Å². The molecule has 1 saturated carbocycles. The first-order valence-corrected chi connectivity index (χ1v) is 8.60. The fourth-order valence-corrected chi connectivity index (χ4v) is 3.19. The van der Waals surface area contributed by atoms with E-state index in [-0.39, 0.29) is 5.60 Å². The van der Waals surface area contributed by atoms with Crippen LogP contribution in [-0.4, -0.2) is 18.8 Å². The summed E-state index contributed by atoms with van der Waals surface area (Å²) in [6.07, 6.45) is 14.3. The Morgan fingerprint density at radius 2 is 1.63 bits per heavy atom. The molecule has 114 valence electrons. The third kappa shape index (κ3) is 6.27. The highest BCUT2D eigenvalue weighted by Gasteiger charge is 2.34. The molecule has 1 fully saturated rings. The molecular formula is C17H35NO. The molecule has 0 aromatic heterocycles. The first-order valence-electron chi connectivity index (χ1n) is 8.60. The molecule has 0 spiro atoms. The summed E-state index contributed by atoms with van der Waals surface area (Å²) in [5, 5.41) is 0. The van der Waals surface area contributed by atoms with Gasteiger partial charge in [-0.3, -0.25) is 0 Å². The van der Waals surface area contributed by atoms with Gasteiger partial charge in [0.05, 0.1) is 5.60 Å². The van der Waals surface area contributed by atoms with Crippen LogP contribution in [0.15, 0.2) is 0 Å². The van der Waals surface area contributed by atoms with Gasteiger partial charge in [0.1, 0.15) is 0 Å². The second-order valence-corrected chi connectivity index (χ2v) is 6.35. The molecule has 0 aliphatic heterocycles. The number of rotatable bonds is 10. The number of hydrogen-bond acceptors (Lipinski definition) is 2.